The van der Waals surface area contributed by atoms with Gasteiger partial charge in [0.1, 0.15) is 5.60 Å². The summed E-state index contributed by atoms with van der Waals surface area (Å²) >= 11 is 0. The number of nitrogens with zero attached hydrogens (tertiary/aromatic N) is 1. The third-order valence-corrected chi connectivity index (χ3v) is 4.54. The van der Waals surface area contributed by atoms with Crippen molar-refractivity contribution >= 4 is 12.1 Å². The molecular weight excluding hydrogens is 334 g/mol. The largest absolute Gasteiger partial charge is 0.469 e. The van der Waals surface area contributed by atoms with Gasteiger partial charge in [-0.25, -0.2) is 4.79 Å². The van der Waals surface area contributed by atoms with E-state index in [1.165, 1.54) is 7.11 Å². The SMILES string of the molecule is COCC1(Cc2ccccc2)CC(C(=O)OC)CN1C(=O)OC(C)(C)C. The molecule has 26 heavy (non-hydrogen) atoms. The molecule has 144 valence electrons. The molecule has 0 bridgehead atoms. The molecule has 6 heteroatoms. The topological polar surface area (TPSA) is 65.1 Å². The van der Waals surface area contributed by atoms with Crippen molar-refractivity contribution < 1.29 is 23.8 Å². The fourth-order valence-corrected chi connectivity index (χ4v) is 3.56. The second-order valence-electron chi connectivity index (χ2n) is 7.83. The summed E-state index contributed by atoms with van der Waals surface area (Å²) in [6.07, 6.45) is 0.618. The molecule has 1 aromatic carbocycles. The van der Waals surface area contributed by atoms with Crippen molar-refractivity contribution in [1.82, 2.24) is 4.90 Å². The molecule has 1 heterocycles. The van der Waals surface area contributed by atoms with Crippen molar-refractivity contribution in [1.29, 1.82) is 0 Å². The van der Waals surface area contributed by atoms with Gasteiger partial charge in [-0.15, -0.1) is 0 Å². The summed E-state index contributed by atoms with van der Waals surface area (Å²) in [6.45, 7) is 6.06. The minimum atomic E-state index is -0.655. The highest BCUT2D eigenvalue weighted by atomic mass is 16.6. The Morgan fingerprint density at radius 1 is 1.19 bits per heavy atom. The highest BCUT2D eigenvalue weighted by Gasteiger charge is 2.51. The number of hydrogen-bond donors (Lipinski definition) is 0. The molecule has 6 nitrogen and oxygen atoms in total. The lowest BCUT2D eigenvalue weighted by Gasteiger charge is -2.38. The maximum atomic E-state index is 12.9. The average molecular weight is 363 g/mol. The minimum Gasteiger partial charge on any atom is -0.469 e. The van der Waals surface area contributed by atoms with E-state index in [4.69, 9.17) is 14.2 Å². The molecule has 2 rings (SSSR count). The van der Waals surface area contributed by atoms with Crippen LogP contribution in [0.2, 0.25) is 0 Å². The quantitative estimate of drug-likeness (QED) is 0.753. The zero-order chi connectivity index (χ0) is 19.4. The van der Waals surface area contributed by atoms with E-state index in [0.717, 1.165) is 5.56 Å². The molecule has 0 aromatic heterocycles. The predicted molar refractivity (Wildman–Crippen MR) is 97.8 cm³/mol. The summed E-state index contributed by atoms with van der Waals surface area (Å²) in [5.74, 6) is -0.712. The van der Waals surface area contributed by atoms with E-state index in [0.29, 0.717) is 19.4 Å². The van der Waals surface area contributed by atoms with Gasteiger partial charge in [0.25, 0.3) is 0 Å². The number of amides is 1. The second-order valence-corrected chi connectivity index (χ2v) is 7.83. The Morgan fingerprint density at radius 3 is 2.38 bits per heavy atom. The van der Waals surface area contributed by atoms with E-state index in [1.54, 1.807) is 12.0 Å². The Morgan fingerprint density at radius 2 is 1.85 bits per heavy atom. The van der Waals surface area contributed by atoms with Crippen LogP contribution in [0.25, 0.3) is 0 Å². The van der Waals surface area contributed by atoms with Crippen LogP contribution in [0.15, 0.2) is 30.3 Å². The van der Waals surface area contributed by atoms with Gasteiger partial charge in [0.05, 0.1) is 25.2 Å². The first-order valence-electron chi connectivity index (χ1n) is 8.82. The van der Waals surface area contributed by atoms with Crippen molar-refractivity contribution in [2.75, 3.05) is 27.4 Å². The molecule has 1 saturated heterocycles. The van der Waals surface area contributed by atoms with Crippen LogP contribution in [0.3, 0.4) is 0 Å². The highest BCUT2D eigenvalue weighted by Crippen LogP contribution is 2.38. The number of carbonyl (C=O) groups is 2. The lowest BCUT2D eigenvalue weighted by Crippen LogP contribution is -2.53. The summed E-state index contributed by atoms with van der Waals surface area (Å²) in [7, 11) is 2.97. The number of carbonyl (C=O) groups excluding carboxylic acids is 2. The van der Waals surface area contributed by atoms with Crippen LogP contribution in [0.1, 0.15) is 32.8 Å². The molecule has 2 atom stereocenters. The molecule has 2 unspecified atom stereocenters. The van der Waals surface area contributed by atoms with Gasteiger partial charge >= 0.3 is 12.1 Å². The first-order valence-corrected chi connectivity index (χ1v) is 8.82. The number of methoxy groups -OCH3 is 2. The van der Waals surface area contributed by atoms with Gasteiger partial charge in [0.2, 0.25) is 0 Å². The van der Waals surface area contributed by atoms with Crippen LogP contribution in [-0.2, 0) is 25.4 Å². The number of hydrogen-bond acceptors (Lipinski definition) is 5. The van der Waals surface area contributed by atoms with Gasteiger partial charge in [-0.1, -0.05) is 30.3 Å². The predicted octanol–water partition coefficient (Wildman–Crippen LogP) is 3.04. The van der Waals surface area contributed by atoms with Crippen LogP contribution < -0.4 is 0 Å². The van der Waals surface area contributed by atoms with Crippen molar-refractivity contribution in [3.63, 3.8) is 0 Å². The smallest absolute Gasteiger partial charge is 0.410 e. The fraction of sp³-hybridized carbons (Fsp3) is 0.600. The first-order chi connectivity index (χ1) is 12.2. The normalized spacial score (nSPS) is 23.0. The maximum Gasteiger partial charge on any atom is 0.410 e. The Bertz CT molecular complexity index is 625. The van der Waals surface area contributed by atoms with Crippen LogP contribution >= 0.6 is 0 Å². The van der Waals surface area contributed by atoms with Crippen LogP contribution in [0.5, 0.6) is 0 Å². The van der Waals surface area contributed by atoms with Gasteiger partial charge in [0, 0.05) is 13.7 Å². The number of benzene rings is 1. The molecule has 1 aliphatic heterocycles. The molecule has 0 aliphatic carbocycles. The van der Waals surface area contributed by atoms with Gasteiger partial charge in [-0.3, -0.25) is 9.69 Å². The lowest BCUT2D eigenvalue weighted by molar-refractivity contribution is -0.145. The lowest BCUT2D eigenvalue weighted by atomic mass is 9.86. The van der Waals surface area contributed by atoms with E-state index < -0.39 is 23.2 Å². The number of rotatable bonds is 5. The molecule has 0 N–H and O–H groups in total. The van der Waals surface area contributed by atoms with Gasteiger partial charge < -0.3 is 14.2 Å². The maximum absolute atomic E-state index is 12.9. The third-order valence-electron chi connectivity index (χ3n) is 4.54. The van der Waals surface area contributed by atoms with Crippen LogP contribution in [-0.4, -0.2) is 55.5 Å². The third kappa shape index (κ3) is 4.75. The summed E-state index contributed by atoms with van der Waals surface area (Å²) in [6, 6.07) is 9.89. The Kier molecular flexibility index (Phi) is 6.29. The van der Waals surface area contributed by atoms with Gasteiger partial charge in [-0.05, 0) is 39.2 Å². The summed E-state index contributed by atoms with van der Waals surface area (Å²) in [5, 5.41) is 0. The molecule has 1 aliphatic rings. The Labute approximate surface area is 155 Å². The molecule has 1 amide bonds. The minimum absolute atomic E-state index is 0.262. The molecule has 0 spiro atoms. The number of ether oxygens (including phenoxy) is 3. The summed E-state index contributed by atoms with van der Waals surface area (Å²) in [4.78, 5) is 26.7. The number of likely N-dealkylation sites (tertiary alicyclic amines) is 1. The van der Waals surface area contributed by atoms with Gasteiger partial charge in [0.15, 0.2) is 0 Å². The molecule has 1 aromatic rings. The average Bonchev–Trinajstić information content (AvgIpc) is 2.93. The van der Waals surface area contributed by atoms with Crippen LogP contribution in [0, 0.1) is 5.92 Å². The molecule has 0 saturated carbocycles. The molecular formula is C20H29NO5. The summed E-state index contributed by atoms with van der Waals surface area (Å²) < 4.78 is 16.0. The van der Waals surface area contributed by atoms with Gasteiger partial charge in [-0.2, -0.15) is 0 Å². The zero-order valence-electron chi connectivity index (χ0n) is 16.3. The Balaban J connectivity index is 2.37. The highest BCUT2D eigenvalue weighted by molar-refractivity contribution is 5.77. The van der Waals surface area contributed by atoms with E-state index in [-0.39, 0.29) is 12.5 Å². The van der Waals surface area contributed by atoms with Crippen molar-refractivity contribution in [3.8, 4) is 0 Å². The second kappa shape index (κ2) is 8.08. The van der Waals surface area contributed by atoms with E-state index in [2.05, 4.69) is 0 Å². The number of esters is 1. The van der Waals surface area contributed by atoms with Crippen LogP contribution in [0.4, 0.5) is 4.79 Å². The van der Waals surface area contributed by atoms with Crippen molar-refractivity contribution in [3.05, 3.63) is 35.9 Å². The first kappa shape index (κ1) is 20.2. The standard InChI is InChI=1S/C20H29NO5/c1-19(2,3)26-18(23)21-13-16(17(22)25-5)12-20(21,14-24-4)11-15-9-7-6-8-10-15/h6-10,16H,11-14H2,1-5H3. The van der Waals surface area contributed by atoms with E-state index in [9.17, 15) is 9.59 Å². The zero-order valence-corrected chi connectivity index (χ0v) is 16.3. The van der Waals surface area contributed by atoms with Crippen molar-refractivity contribution in [2.45, 2.75) is 44.8 Å². The Hall–Kier alpha value is -2.08. The summed E-state index contributed by atoms with van der Waals surface area (Å²) in [5.41, 5.74) is -0.202. The van der Waals surface area contributed by atoms with Crippen molar-refractivity contribution in [2.24, 2.45) is 5.92 Å². The van der Waals surface area contributed by atoms with E-state index >= 15 is 0 Å². The fourth-order valence-electron chi connectivity index (χ4n) is 3.56. The molecule has 0 radical (unpaired) electrons. The van der Waals surface area contributed by atoms with E-state index in [1.807, 2.05) is 51.1 Å². The molecule has 1 fully saturated rings. The monoisotopic (exact) mass is 363 g/mol.